The van der Waals surface area contributed by atoms with Crippen molar-refractivity contribution in [2.45, 2.75) is 13.3 Å². The van der Waals surface area contributed by atoms with Gasteiger partial charge < -0.3 is 10.0 Å². The molecule has 138 valence electrons. The summed E-state index contributed by atoms with van der Waals surface area (Å²) in [5.41, 5.74) is 2.87. The van der Waals surface area contributed by atoms with Crippen molar-refractivity contribution in [3.05, 3.63) is 66.0 Å². The van der Waals surface area contributed by atoms with Gasteiger partial charge in [-0.05, 0) is 41.3 Å². The monoisotopic (exact) mass is 378 g/mol. The maximum Gasteiger partial charge on any atom is 0.262 e. The zero-order valence-electron chi connectivity index (χ0n) is 15.5. The van der Waals surface area contributed by atoms with Crippen molar-refractivity contribution in [3.63, 3.8) is 0 Å². The standard InChI is InChI=1S/C22H22N2O2S/c1-14-19-21(26)24(11-6-12-25)15(2)23(3)22(19)27-20(14)18-10-9-16-7-4-5-8-17(16)13-18/h4-5,7-10,13,25H,2,6,11-12H2,1,3H3. The summed E-state index contributed by atoms with van der Waals surface area (Å²) in [6.07, 6.45) is 0.536. The van der Waals surface area contributed by atoms with Gasteiger partial charge in [0, 0.05) is 25.1 Å². The van der Waals surface area contributed by atoms with Crippen LogP contribution in [0.1, 0.15) is 22.3 Å². The highest BCUT2D eigenvalue weighted by Crippen LogP contribution is 2.46. The molecule has 0 bridgehead atoms. The third-order valence-electron chi connectivity index (χ3n) is 5.14. The summed E-state index contributed by atoms with van der Waals surface area (Å²) >= 11 is 1.63. The van der Waals surface area contributed by atoms with Crippen molar-refractivity contribution < 1.29 is 9.90 Å². The van der Waals surface area contributed by atoms with E-state index in [1.54, 1.807) is 16.2 Å². The number of nitrogens with zero attached hydrogens (tertiary/aromatic N) is 2. The fourth-order valence-electron chi connectivity index (χ4n) is 3.60. The Balaban J connectivity index is 1.82. The zero-order chi connectivity index (χ0) is 19.1. The Hall–Kier alpha value is -2.63. The zero-order valence-corrected chi connectivity index (χ0v) is 16.3. The molecule has 0 radical (unpaired) electrons. The highest BCUT2D eigenvalue weighted by Gasteiger charge is 2.35. The minimum absolute atomic E-state index is 0.0256. The van der Waals surface area contributed by atoms with Crippen LogP contribution in [0.3, 0.4) is 0 Å². The largest absolute Gasteiger partial charge is 0.396 e. The molecule has 1 amide bonds. The molecule has 0 saturated carbocycles. The van der Waals surface area contributed by atoms with Crippen molar-refractivity contribution in [2.75, 3.05) is 25.1 Å². The molecule has 0 spiro atoms. The topological polar surface area (TPSA) is 43.8 Å². The molecule has 5 heteroatoms. The lowest BCUT2D eigenvalue weighted by atomic mass is 10.0. The predicted octanol–water partition coefficient (Wildman–Crippen LogP) is 4.62. The Kier molecular flexibility index (Phi) is 4.50. The second kappa shape index (κ2) is 6.83. The average molecular weight is 378 g/mol. The van der Waals surface area contributed by atoms with Gasteiger partial charge in [0.15, 0.2) is 0 Å². The molecular formula is C22H22N2O2S. The average Bonchev–Trinajstić information content (AvgIpc) is 3.03. The van der Waals surface area contributed by atoms with Gasteiger partial charge in [-0.1, -0.05) is 43.0 Å². The van der Waals surface area contributed by atoms with Crippen LogP contribution in [0.25, 0.3) is 21.2 Å². The van der Waals surface area contributed by atoms with Crippen LogP contribution in [0.2, 0.25) is 0 Å². The van der Waals surface area contributed by atoms with Crippen LogP contribution in [-0.2, 0) is 0 Å². The summed E-state index contributed by atoms with van der Waals surface area (Å²) in [6, 6.07) is 14.7. The Bertz CT molecular complexity index is 1050. The van der Waals surface area contributed by atoms with Crippen molar-refractivity contribution in [3.8, 4) is 10.4 Å². The summed E-state index contributed by atoms with van der Waals surface area (Å²) in [5.74, 6) is 0.634. The van der Waals surface area contributed by atoms with E-state index in [4.69, 9.17) is 5.11 Å². The molecule has 0 fully saturated rings. The van der Waals surface area contributed by atoms with E-state index >= 15 is 0 Å². The van der Waals surface area contributed by atoms with Gasteiger partial charge in [-0.2, -0.15) is 0 Å². The molecule has 1 aliphatic rings. The van der Waals surface area contributed by atoms with E-state index < -0.39 is 0 Å². The molecule has 0 unspecified atom stereocenters. The minimum Gasteiger partial charge on any atom is -0.396 e. The van der Waals surface area contributed by atoms with Gasteiger partial charge in [0.1, 0.15) is 10.8 Å². The van der Waals surface area contributed by atoms with Gasteiger partial charge in [-0.15, -0.1) is 11.3 Å². The number of aliphatic hydroxyl groups is 1. The van der Waals surface area contributed by atoms with Crippen LogP contribution >= 0.6 is 11.3 Å². The first-order chi connectivity index (χ1) is 13.0. The Morgan fingerprint density at radius 1 is 1.15 bits per heavy atom. The van der Waals surface area contributed by atoms with E-state index in [0.29, 0.717) is 18.8 Å². The number of anilines is 1. The van der Waals surface area contributed by atoms with E-state index in [1.807, 2.05) is 31.0 Å². The highest BCUT2D eigenvalue weighted by atomic mass is 32.1. The Morgan fingerprint density at radius 3 is 2.63 bits per heavy atom. The first-order valence-electron chi connectivity index (χ1n) is 9.01. The fraction of sp³-hybridized carbons (Fsp3) is 0.227. The molecule has 4 nitrogen and oxygen atoms in total. The Labute approximate surface area is 163 Å². The first kappa shape index (κ1) is 17.8. The lowest BCUT2D eigenvalue weighted by Gasteiger charge is -2.36. The lowest BCUT2D eigenvalue weighted by Crippen LogP contribution is -2.42. The van der Waals surface area contributed by atoms with E-state index in [9.17, 15) is 4.79 Å². The summed E-state index contributed by atoms with van der Waals surface area (Å²) in [5, 5.41) is 12.5. The summed E-state index contributed by atoms with van der Waals surface area (Å²) in [6.45, 7) is 6.63. The van der Waals surface area contributed by atoms with E-state index in [0.717, 1.165) is 26.6 Å². The van der Waals surface area contributed by atoms with Gasteiger partial charge in [0.05, 0.1) is 5.56 Å². The second-order valence-corrected chi connectivity index (χ2v) is 7.81. The number of thiophene rings is 1. The molecule has 3 aromatic rings. The number of benzene rings is 2. The van der Waals surface area contributed by atoms with Crippen LogP contribution in [0.15, 0.2) is 54.9 Å². The van der Waals surface area contributed by atoms with Gasteiger partial charge in [0.25, 0.3) is 5.91 Å². The summed E-state index contributed by atoms with van der Waals surface area (Å²) < 4.78 is 0. The van der Waals surface area contributed by atoms with Crippen LogP contribution in [0.5, 0.6) is 0 Å². The summed E-state index contributed by atoms with van der Waals surface area (Å²) in [4.78, 5) is 17.9. The normalized spacial score (nSPS) is 14.2. The van der Waals surface area contributed by atoms with Crippen molar-refractivity contribution >= 4 is 33.0 Å². The molecule has 2 aromatic carbocycles. The van der Waals surface area contributed by atoms with E-state index in [-0.39, 0.29) is 12.5 Å². The lowest BCUT2D eigenvalue weighted by molar-refractivity contribution is 0.0786. The van der Waals surface area contributed by atoms with Crippen LogP contribution in [0.4, 0.5) is 5.00 Å². The number of aliphatic hydroxyl groups excluding tert-OH is 1. The van der Waals surface area contributed by atoms with Crippen molar-refractivity contribution in [2.24, 2.45) is 0 Å². The number of fused-ring (bicyclic) bond motifs is 2. The fourth-order valence-corrected chi connectivity index (χ4v) is 4.88. The maximum absolute atomic E-state index is 13.1. The van der Waals surface area contributed by atoms with Gasteiger partial charge >= 0.3 is 0 Å². The third kappa shape index (κ3) is 2.83. The molecule has 1 aliphatic heterocycles. The predicted molar refractivity (Wildman–Crippen MR) is 112 cm³/mol. The molecule has 0 atom stereocenters. The number of rotatable bonds is 4. The molecule has 2 heterocycles. The van der Waals surface area contributed by atoms with Crippen LogP contribution in [0, 0.1) is 6.92 Å². The summed E-state index contributed by atoms with van der Waals surface area (Å²) in [7, 11) is 1.94. The first-order valence-corrected chi connectivity index (χ1v) is 9.82. The van der Waals surface area contributed by atoms with Crippen LogP contribution < -0.4 is 4.90 Å². The SMILES string of the molecule is C=C1N(CCCO)C(=O)c2c(sc(-c3ccc4ccccc4c3)c2C)N1C. The van der Waals surface area contributed by atoms with E-state index in [1.165, 1.54) is 10.8 Å². The van der Waals surface area contributed by atoms with Crippen LogP contribution in [-0.4, -0.2) is 36.1 Å². The third-order valence-corrected chi connectivity index (χ3v) is 6.56. The number of hydrogen-bond donors (Lipinski definition) is 1. The molecule has 27 heavy (non-hydrogen) atoms. The molecule has 0 saturated heterocycles. The highest BCUT2D eigenvalue weighted by molar-refractivity contribution is 7.20. The van der Waals surface area contributed by atoms with Crippen molar-refractivity contribution in [1.82, 2.24) is 4.90 Å². The van der Waals surface area contributed by atoms with Gasteiger partial charge in [0.2, 0.25) is 0 Å². The number of carbonyl (C=O) groups is 1. The molecule has 1 N–H and O–H groups in total. The maximum atomic E-state index is 13.1. The molecular weight excluding hydrogens is 356 g/mol. The van der Waals surface area contributed by atoms with Crippen molar-refractivity contribution in [1.29, 1.82) is 0 Å². The Morgan fingerprint density at radius 2 is 1.89 bits per heavy atom. The van der Waals surface area contributed by atoms with Gasteiger partial charge in [-0.25, -0.2) is 0 Å². The smallest absolute Gasteiger partial charge is 0.262 e. The van der Waals surface area contributed by atoms with Gasteiger partial charge in [-0.3, -0.25) is 9.69 Å². The molecule has 0 aliphatic carbocycles. The number of amides is 1. The van der Waals surface area contributed by atoms with E-state index in [2.05, 4.69) is 36.9 Å². The molecule has 4 rings (SSSR count). The molecule has 1 aromatic heterocycles. The number of hydrogen-bond acceptors (Lipinski definition) is 4. The second-order valence-electron chi connectivity index (χ2n) is 6.81. The number of carbonyl (C=O) groups excluding carboxylic acids is 1. The minimum atomic E-state index is -0.0256. The quantitative estimate of drug-likeness (QED) is 0.720.